The van der Waals surface area contributed by atoms with Crippen molar-refractivity contribution in [2.75, 3.05) is 0 Å². The highest BCUT2D eigenvalue weighted by molar-refractivity contribution is 5.96. The Morgan fingerprint density at radius 2 is 1.58 bits per heavy atom. The van der Waals surface area contributed by atoms with E-state index in [1.54, 1.807) is 0 Å². The van der Waals surface area contributed by atoms with Crippen LogP contribution in [0.1, 0.15) is 27.9 Å². The first-order valence-electron chi connectivity index (χ1n) is 6.10. The van der Waals surface area contributed by atoms with Crippen molar-refractivity contribution in [1.82, 2.24) is 0 Å². The first-order chi connectivity index (χ1) is 9.08. The minimum absolute atomic E-state index is 0.0981. The minimum atomic E-state index is -0.797. The molecule has 0 fully saturated rings. The number of rotatable bonds is 4. The van der Waals surface area contributed by atoms with Crippen LogP contribution in [-0.2, 0) is 6.42 Å². The van der Waals surface area contributed by atoms with Crippen molar-refractivity contribution in [3.63, 3.8) is 0 Å². The van der Waals surface area contributed by atoms with Crippen molar-refractivity contribution in [3.8, 4) is 0 Å². The topological polar surface area (TPSA) is 17.1 Å². The van der Waals surface area contributed by atoms with Gasteiger partial charge in [-0.05, 0) is 31.0 Å². The molecule has 0 atom stereocenters. The molecule has 19 heavy (non-hydrogen) atoms. The zero-order valence-corrected chi connectivity index (χ0v) is 10.6. The quantitative estimate of drug-likeness (QED) is 0.757. The molecule has 0 amide bonds. The van der Waals surface area contributed by atoms with Gasteiger partial charge in [0.05, 0.1) is 5.56 Å². The van der Waals surface area contributed by atoms with E-state index in [0.29, 0.717) is 6.42 Å². The Hall–Kier alpha value is -2.03. The largest absolute Gasteiger partial charge is 0.294 e. The summed E-state index contributed by atoms with van der Waals surface area (Å²) in [7, 11) is 0. The average molecular weight is 260 g/mol. The number of halogens is 2. The van der Waals surface area contributed by atoms with Gasteiger partial charge in [-0.1, -0.05) is 35.9 Å². The zero-order valence-electron chi connectivity index (χ0n) is 10.6. The molecule has 0 heterocycles. The van der Waals surface area contributed by atoms with Gasteiger partial charge in [0.1, 0.15) is 11.6 Å². The van der Waals surface area contributed by atoms with Gasteiger partial charge < -0.3 is 0 Å². The number of Topliss-reactive ketones (excluding diaryl/α,β-unsaturated/α-hetero) is 1. The smallest absolute Gasteiger partial charge is 0.169 e. The highest BCUT2D eigenvalue weighted by atomic mass is 19.1. The number of carbonyl (C=O) groups excluding carboxylic acids is 1. The van der Waals surface area contributed by atoms with E-state index in [1.165, 1.54) is 6.07 Å². The first-order valence-corrected chi connectivity index (χ1v) is 6.10. The Kier molecular flexibility index (Phi) is 4.05. The molecule has 0 saturated carbocycles. The maximum absolute atomic E-state index is 13.4. The molecule has 98 valence electrons. The molecule has 0 bridgehead atoms. The lowest BCUT2D eigenvalue weighted by Crippen LogP contribution is -2.07. The van der Waals surface area contributed by atoms with Crippen molar-refractivity contribution in [3.05, 3.63) is 70.8 Å². The molecule has 0 aliphatic carbocycles. The summed E-state index contributed by atoms with van der Waals surface area (Å²) in [6, 6.07) is 11.2. The number of hydrogen-bond donors (Lipinski definition) is 0. The van der Waals surface area contributed by atoms with Gasteiger partial charge >= 0.3 is 0 Å². The van der Waals surface area contributed by atoms with Crippen LogP contribution in [0.2, 0.25) is 0 Å². The van der Waals surface area contributed by atoms with Gasteiger partial charge in [-0.2, -0.15) is 0 Å². The predicted octanol–water partition coefficient (Wildman–Crippen LogP) is 4.09. The van der Waals surface area contributed by atoms with E-state index in [2.05, 4.69) is 0 Å². The summed E-state index contributed by atoms with van der Waals surface area (Å²) >= 11 is 0. The molecular formula is C16H14F2O. The maximum atomic E-state index is 13.4. The second kappa shape index (κ2) is 5.74. The second-order valence-electron chi connectivity index (χ2n) is 4.51. The maximum Gasteiger partial charge on any atom is 0.169 e. The van der Waals surface area contributed by atoms with Crippen LogP contribution in [0.4, 0.5) is 8.78 Å². The monoisotopic (exact) mass is 260 g/mol. The first kappa shape index (κ1) is 13.4. The Morgan fingerprint density at radius 3 is 2.16 bits per heavy atom. The Balaban J connectivity index is 2.07. The highest BCUT2D eigenvalue weighted by Gasteiger charge is 2.16. The number of aryl methyl sites for hydroxylation is 2. The molecule has 0 aliphatic heterocycles. The molecule has 0 spiro atoms. The highest BCUT2D eigenvalue weighted by Crippen LogP contribution is 2.16. The minimum Gasteiger partial charge on any atom is -0.294 e. The van der Waals surface area contributed by atoms with Crippen LogP contribution in [-0.4, -0.2) is 5.78 Å². The Bertz CT molecular complexity index is 568. The molecule has 0 N–H and O–H groups in total. The van der Waals surface area contributed by atoms with Crippen LogP contribution in [0.15, 0.2) is 42.5 Å². The van der Waals surface area contributed by atoms with Gasteiger partial charge in [-0.3, -0.25) is 4.79 Å². The Morgan fingerprint density at radius 1 is 1.00 bits per heavy atom. The van der Waals surface area contributed by atoms with Crippen LogP contribution in [0, 0.1) is 18.6 Å². The third-order valence-corrected chi connectivity index (χ3v) is 3.00. The summed E-state index contributed by atoms with van der Waals surface area (Å²) in [6.45, 7) is 1.98. The standard InChI is InChI=1S/C16H14F2O/c1-11-5-7-12(8-6-11)9-10-15(19)16-13(17)3-2-4-14(16)18/h2-8H,9-10H2,1H3. The lowest BCUT2D eigenvalue weighted by molar-refractivity contribution is 0.0974. The van der Waals surface area contributed by atoms with E-state index in [1.807, 2.05) is 31.2 Å². The fourth-order valence-corrected chi connectivity index (χ4v) is 1.90. The van der Waals surface area contributed by atoms with Gasteiger partial charge in [0.25, 0.3) is 0 Å². The normalized spacial score (nSPS) is 10.5. The van der Waals surface area contributed by atoms with E-state index in [-0.39, 0.29) is 6.42 Å². The lowest BCUT2D eigenvalue weighted by Gasteiger charge is -2.04. The third-order valence-electron chi connectivity index (χ3n) is 3.00. The van der Waals surface area contributed by atoms with Crippen LogP contribution in [0.25, 0.3) is 0 Å². The summed E-state index contributed by atoms with van der Waals surface area (Å²) in [6.07, 6.45) is 0.577. The fraction of sp³-hybridized carbons (Fsp3) is 0.188. The van der Waals surface area contributed by atoms with Gasteiger partial charge in [0, 0.05) is 6.42 Å². The van der Waals surface area contributed by atoms with E-state index in [9.17, 15) is 13.6 Å². The lowest BCUT2D eigenvalue weighted by atomic mass is 10.0. The van der Waals surface area contributed by atoms with Gasteiger partial charge in [0.2, 0.25) is 0 Å². The molecule has 1 nitrogen and oxygen atoms in total. The average Bonchev–Trinajstić information content (AvgIpc) is 2.38. The Labute approximate surface area is 110 Å². The fourth-order valence-electron chi connectivity index (χ4n) is 1.90. The molecule has 0 saturated heterocycles. The van der Waals surface area contributed by atoms with Crippen LogP contribution in [0.3, 0.4) is 0 Å². The molecule has 3 heteroatoms. The number of benzene rings is 2. The van der Waals surface area contributed by atoms with Crippen LogP contribution in [0.5, 0.6) is 0 Å². The van der Waals surface area contributed by atoms with E-state index in [0.717, 1.165) is 23.3 Å². The van der Waals surface area contributed by atoms with Crippen LogP contribution >= 0.6 is 0 Å². The summed E-state index contributed by atoms with van der Waals surface area (Å²) in [5.41, 5.74) is 1.68. The van der Waals surface area contributed by atoms with Crippen molar-refractivity contribution in [1.29, 1.82) is 0 Å². The van der Waals surface area contributed by atoms with Crippen molar-refractivity contribution in [2.45, 2.75) is 19.8 Å². The second-order valence-corrected chi connectivity index (χ2v) is 4.51. The molecule has 0 aliphatic rings. The van der Waals surface area contributed by atoms with E-state index in [4.69, 9.17) is 0 Å². The van der Waals surface area contributed by atoms with Crippen molar-refractivity contribution >= 4 is 5.78 Å². The number of hydrogen-bond acceptors (Lipinski definition) is 1. The van der Waals surface area contributed by atoms with E-state index >= 15 is 0 Å². The molecule has 0 radical (unpaired) electrons. The zero-order chi connectivity index (χ0) is 13.8. The van der Waals surface area contributed by atoms with Gasteiger partial charge in [-0.15, -0.1) is 0 Å². The molecular weight excluding hydrogens is 246 g/mol. The summed E-state index contributed by atoms with van der Waals surface area (Å²) < 4.78 is 26.8. The molecule has 2 aromatic rings. The van der Waals surface area contributed by atoms with E-state index < -0.39 is 23.0 Å². The third kappa shape index (κ3) is 3.25. The van der Waals surface area contributed by atoms with Gasteiger partial charge in [-0.25, -0.2) is 8.78 Å². The predicted molar refractivity (Wildman–Crippen MR) is 70.2 cm³/mol. The summed E-state index contributed by atoms with van der Waals surface area (Å²) in [5, 5.41) is 0. The SMILES string of the molecule is Cc1ccc(CCC(=O)c2c(F)cccc2F)cc1. The molecule has 2 aromatic carbocycles. The molecule has 0 unspecified atom stereocenters. The van der Waals surface area contributed by atoms with Gasteiger partial charge in [0.15, 0.2) is 5.78 Å². The number of carbonyl (C=O) groups is 1. The summed E-state index contributed by atoms with van der Waals surface area (Å²) in [5.74, 6) is -2.10. The molecule has 2 rings (SSSR count). The molecule has 0 aromatic heterocycles. The van der Waals surface area contributed by atoms with Crippen LogP contribution < -0.4 is 0 Å². The van der Waals surface area contributed by atoms with Crippen molar-refractivity contribution < 1.29 is 13.6 Å². The number of ketones is 1. The summed E-state index contributed by atoms with van der Waals surface area (Å²) in [4.78, 5) is 11.8. The van der Waals surface area contributed by atoms with Crippen molar-refractivity contribution in [2.24, 2.45) is 0 Å².